The Morgan fingerprint density at radius 3 is 1.71 bits per heavy atom. The van der Waals surface area contributed by atoms with Crippen LogP contribution in [-0.2, 0) is 0 Å². The van der Waals surface area contributed by atoms with Crippen LogP contribution in [0.4, 0.5) is 0 Å². The minimum absolute atomic E-state index is 0.694. The Balaban J connectivity index is 1.12. The predicted molar refractivity (Wildman–Crippen MR) is 236 cm³/mol. The Kier molecular flexibility index (Phi) is 7.68. The molecule has 0 N–H and O–H groups in total. The number of hydrogen-bond acceptors (Lipinski definition) is 3. The van der Waals surface area contributed by atoms with E-state index in [-0.39, 0.29) is 0 Å². The van der Waals surface area contributed by atoms with Gasteiger partial charge in [0.05, 0.1) is 22.4 Å². The summed E-state index contributed by atoms with van der Waals surface area (Å²) in [4.78, 5) is 10.6. The first-order valence-electron chi connectivity index (χ1n) is 18.9. The third kappa shape index (κ3) is 5.50. The number of para-hydroxylation sites is 1. The van der Waals surface area contributed by atoms with E-state index < -0.39 is 0 Å². The van der Waals surface area contributed by atoms with Gasteiger partial charge in [-0.25, -0.2) is 9.97 Å². The molecule has 0 aliphatic rings. The predicted octanol–water partition coefficient (Wildman–Crippen LogP) is 14.3. The van der Waals surface area contributed by atoms with Crippen molar-refractivity contribution in [2.75, 3.05) is 0 Å². The van der Waals surface area contributed by atoms with Crippen molar-refractivity contribution in [3.63, 3.8) is 0 Å². The monoisotopic (exact) mass is 731 g/mol. The van der Waals surface area contributed by atoms with Gasteiger partial charge in [0.2, 0.25) is 0 Å². The van der Waals surface area contributed by atoms with Gasteiger partial charge < -0.3 is 4.57 Å². The molecule has 0 fully saturated rings. The molecule has 0 unspecified atom stereocenters. The molecule has 0 aliphatic heterocycles. The zero-order valence-corrected chi connectivity index (χ0v) is 31.1. The Hall–Kier alpha value is -7.14. The second kappa shape index (κ2) is 13.3. The number of benzene rings is 8. The van der Waals surface area contributed by atoms with Crippen molar-refractivity contribution in [2.45, 2.75) is 0 Å². The van der Waals surface area contributed by atoms with E-state index in [9.17, 15) is 0 Å². The summed E-state index contributed by atoms with van der Waals surface area (Å²) in [7, 11) is 0. The summed E-state index contributed by atoms with van der Waals surface area (Å²) in [6, 6.07) is 71.4. The second-order valence-electron chi connectivity index (χ2n) is 14.2. The van der Waals surface area contributed by atoms with Crippen molar-refractivity contribution in [2.24, 2.45) is 0 Å². The van der Waals surface area contributed by atoms with Crippen LogP contribution in [0.5, 0.6) is 0 Å². The molecule has 56 heavy (non-hydrogen) atoms. The molecule has 0 saturated heterocycles. The molecular weight excluding hydrogens is 699 g/mol. The highest BCUT2D eigenvalue weighted by Gasteiger charge is 2.18. The number of nitrogens with zero attached hydrogens (tertiary/aromatic N) is 3. The van der Waals surface area contributed by atoms with Gasteiger partial charge in [0.25, 0.3) is 0 Å². The average Bonchev–Trinajstić information content (AvgIpc) is 3.82. The summed E-state index contributed by atoms with van der Waals surface area (Å²) in [5, 5.41) is 5.01. The van der Waals surface area contributed by atoms with E-state index in [1.54, 1.807) is 0 Å². The third-order valence-electron chi connectivity index (χ3n) is 10.9. The van der Waals surface area contributed by atoms with E-state index in [0.29, 0.717) is 5.82 Å². The van der Waals surface area contributed by atoms with Crippen LogP contribution in [0.3, 0.4) is 0 Å². The minimum Gasteiger partial charge on any atom is -0.309 e. The van der Waals surface area contributed by atoms with Crippen LogP contribution in [0, 0.1) is 0 Å². The largest absolute Gasteiger partial charge is 0.309 e. The molecule has 0 bridgehead atoms. The number of rotatable bonds is 6. The summed E-state index contributed by atoms with van der Waals surface area (Å²) < 4.78 is 5.02. The minimum atomic E-state index is 0.694. The highest BCUT2D eigenvalue weighted by atomic mass is 32.1. The van der Waals surface area contributed by atoms with Crippen LogP contribution in [-0.4, -0.2) is 14.5 Å². The van der Waals surface area contributed by atoms with E-state index in [1.807, 2.05) is 11.3 Å². The molecule has 11 aromatic rings. The fourth-order valence-electron chi connectivity index (χ4n) is 8.14. The van der Waals surface area contributed by atoms with Crippen molar-refractivity contribution in [1.82, 2.24) is 14.5 Å². The van der Waals surface area contributed by atoms with E-state index in [4.69, 9.17) is 9.97 Å². The molecule has 0 radical (unpaired) electrons. The van der Waals surface area contributed by atoms with Crippen molar-refractivity contribution < 1.29 is 0 Å². The van der Waals surface area contributed by atoms with Crippen LogP contribution in [0.1, 0.15) is 0 Å². The molecule has 0 saturated carbocycles. The van der Waals surface area contributed by atoms with E-state index in [0.717, 1.165) is 50.4 Å². The zero-order chi connectivity index (χ0) is 37.0. The standard InChI is InChI=1S/C52H33N3S/c1-3-13-34(14-4-1)35-23-25-37(26-24-35)46-33-47(54-52(53-46)44-20-8-7-17-40(44)36-15-5-2-6-16-36)38-27-29-42-41-18-9-11-21-48(41)55(49(42)31-38)39-28-30-51-45(32-39)43-19-10-12-22-50(43)56-51/h1-33H. The van der Waals surface area contributed by atoms with Gasteiger partial charge in [-0.15, -0.1) is 11.3 Å². The SMILES string of the molecule is c1ccc(-c2ccc(-c3cc(-c4ccc5c6ccccc6n(-c6ccc7sc8ccccc8c7c6)c5c4)nc(-c4ccccc4-c4ccccc4)n3)cc2)cc1. The summed E-state index contributed by atoms with van der Waals surface area (Å²) in [6.07, 6.45) is 0. The molecule has 0 spiro atoms. The molecule has 8 aromatic carbocycles. The smallest absolute Gasteiger partial charge is 0.161 e. The van der Waals surface area contributed by atoms with Crippen molar-refractivity contribution in [3.8, 4) is 61.8 Å². The van der Waals surface area contributed by atoms with Gasteiger partial charge in [-0.3, -0.25) is 0 Å². The number of fused-ring (bicyclic) bond motifs is 6. The molecule has 3 aromatic heterocycles. The highest BCUT2D eigenvalue weighted by Crippen LogP contribution is 2.40. The van der Waals surface area contributed by atoms with Crippen molar-refractivity contribution in [1.29, 1.82) is 0 Å². The number of aromatic nitrogens is 3. The molecule has 11 rings (SSSR count). The van der Waals surface area contributed by atoms with Gasteiger partial charge in [-0.1, -0.05) is 158 Å². The maximum Gasteiger partial charge on any atom is 0.161 e. The molecule has 3 nitrogen and oxygen atoms in total. The highest BCUT2D eigenvalue weighted by molar-refractivity contribution is 7.25. The van der Waals surface area contributed by atoms with Gasteiger partial charge >= 0.3 is 0 Å². The van der Waals surface area contributed by atoms with Crippen molar-refractivity contribution >= 4 is 53.3 Å². The summed E-state index contributed by atoms with van der Waals surface area (Å²) >= 11 is 1.85. The molecule has 0 aliphatic carbocycles. The quantitative estimate of drug-likeness (QED) is 0.170. The maximum atomic E-state index is 5.36. The van der Waals surface area contributed by atoms with E-state index >= 15 is 0 Å². The Labute approximate surface area is 328 Å². The van der Waals surface area contributed by atoms with Crippen molar-refractivity contribution in [3.05, 3.63) is 200 Å². The van der Waals surface area contributed by atoms with Crippen LogP contribution in [0.25, 0.3) is 104 Å². The fraction of sp³-hybridized carbons (Fsp3) is 0. The van der Waals surface area contributed by atoms with E-state index in [2.05, 4.69) is 205 Å². The van der Waals surface area contributed by atoms with Gasteiger partial charge in [0.15, 0.2) is 5.82 Å². The van der Waals surface area contributed by atoms with Crippen LogP contribution >= 0.6 is 11.3 Å². The first-order valence-corrected chi connectivity index (χ1v) is 19.7. The summed E-state index contributed by atoms with van der Waals surface area (Å²) in [5.74, 6) is 0.694. The van der Waals surface area contributed by atoms with Gasteiger partial charge in [-0.05, 0) is 64.7 Å². The zero-order valence-electron chi connectivity index (χ0n) is 30.3. The van der Waals surface area contributed by atoms with Gasteiger partial charge in [0, 0.05) is 53.3 Å². The number of thiophene rings is 1. The molecule has 3 heterocycles. The number of hydrogen-bond donors (Lipinski definition) is 0. The second-order valence-corrected chi connectivity index (χ2v) is 15.3. The first kappa shape index (κ1) is 32.3. The lowest BCUT2D eigenvalue weighted by atomic mass is 9.98. The lowest BCUT2D eigenvalue weighted by Gasteiger charge is -2.13. The lowest BCUT2D eigenvalue weighted by Crippen LogP contribution is -1.98. The van der Waals surface area contributed by atoms with Crippen LogP contribution in [0.15, 0.2) is 200 Å². The molecule has 0 amide bonds. The topological polar surface area (TPSA) is 30.7 Å². The normalized spacial score (nSPS) is 11.6. The third-order valence-corrected chi connectivity index (χ3v) is 12.0. The van der Waals surface area contributed by atoms with E-state index in [1.165, 1.54) is 47.6 Å². The molecular formula is C52H33N3S. The Bertz CT molecular complexity index is 3230. The van der Waals surface area contributed by atoms with Crippen LogP contribution < -0.4 is 0 Å². The lowest BCUT2D eigenvalue weighted by molar-refractivity contribution is 1.17. The Morgan fingerprint density at radius 1 is 0.339 bits per heavy atom. The molecule has 262 valence electrons. The van der Waals surface area contributed by atoms with Crippen LogP contribution in [0.2, 0.25) is 0 Å². The molecule has 0 atom stereocenters. The molecule has 4 heteroatoms. The summed E-state index contributed by atoms with van der Waals surface area (Å²) in [6.45, 7) is 0. The Morgan fingerprint density at radius 2 is 0.911 bits per heavy atom. The first-order chi connectivity index (χ1) is 27.7. The average molecular weight is 732 g/mol. The summed E-state index contributed by atoms with van der Waals surface area (Å²) in [5.41, 5.74) is 12.9. The maximum absolute atomic E-state index is 5.36. The fourth-order valence-corrected chi connectivity index (χ4v) is 9.22. The van der Waals surface area contributed by atoms with Gasteiger partial charge in [0.1, 0.15) is 0 Å². The van der Waals surface area contributed by atoms with Gasteiger partial charge in [-0.2, -0.15) is 0 Å².